The first-order valence-electron chi connectivity index (χ1n) is 7.17. The normalized spacial score (nSPS) is 14.9. The molecule has 0 saturated carbocycles. The van der Waals surface area contributed by atoms with Crippen LogP contribution in [-0.4, -0.2) is 41.9 Å². The molecule has 0 aromatic heterocycles. The van der Waals surface area contributed by atoms with Gasteiger partial charge in [-0.15, -0.1) is 0 Å². The van der Waals surface area contributed by atoms with E-state index in [4.69, 9.17) is 0 Å². The third-order valence-corrected chi connectivity index (χ3v) is 3.24. The van der Waals surface area contributed by atoms with Crippen LogP contribution in [0.4, 0.5) is 18.9 Å². The maximum Gasteiger partial charge on any atom is 0.422 e. The van der Waals surface area contributed by atoms with Crippen molar-refractivity contribution in [3.05, 3.63) is 24.3 Å². The molecule has 9 heteroatoms. The van der Waals surface area contributed by atoms with Crippen molar-refractivity contribution in [1.29, 1.82) is 0 Å². The SMILES string of the molecule is O=C(CCN1C(=O)CCC1=O)Nc1cccc(OCC(F)(F)F)c1. The first-order chi connectivity index (χ1) is 11.2. The molecular formula is C15H15F3N2O4. The fourth-order valence-corrected chi connectivity index (χ4v) is 2.14. The number of rotatable bonds is 6. The predicted octanol–water partition coefficient (Wildman–Crippen LogP) is 2.11. The number of carbonyl (C=O) groups is 3. The monoisotopic (exact) mass is 344 g/mol. The number of ether oxygens (including phenoxy) is 1. The van der Waals surface area contributed by atoms with Crippen molar-refractivity contribution in [1.82, 2.24) is 4.90 Å². The smallest absolute Gasteiger partial charge is 0.422 e. The Bertz CT molecular complexity index is 630. The van der Waals surface area contributed by atoms with Crippen LogP contribution in [0.2, 0.25) is 0 Å². The summed E-state index contributed by atoms with van der Waals surface area (Å²) in [5.74, 6) is -1.11. The molecule has 1 N–H and O–H groups in total. The van der Waals surface area contributed by atoms with Gasteiger partial charge in [-0.2, -0.15) is 13.2 Å². The van der Waals surface area contributed by atoms with Crippen LogP contribution in [0.1, 0.15) is 19.3 Å². The van der Waals surface area contributed by atoms with Crippen molar-refractivity contribution in [2.45, 2.75) is 25.4 Å². The van der Waals surface area contributed by atoms with Crippen molar-refractivity contribution in [3.63, 3.8) is 0 Å². The third-order valence-electron chi connectivity index (χ3n) is 3.24. The average molecular weight is 344 g/mol. The van der Waals surface area contributed by atoms with E-state index in [1.807, 2.05) is 0 Å². The molecule has 130 valence electrons. The minimum atomic E-state index is -4.45. The number of nitrogens with one attached hydrogen (secondary N) is 1. The molecule has 0 radical (unpaired) electrons. The molecule has 24 heavy (non-hydrogen) atoms. The molecule has 0 atom stereocenters. The van der Waals surface area contributed by atoms with Gasteiger partial charge in [0.2, 0.25) is 17.7 Å². The zero-order valence-corrected chi connectivity index (χ0v) is 12.6. The number of anilines is 1. The van der Waals surface area contributed by atoms with E-state index in [-0.39, 0.29) is 49.1 Å². The van der Waals surface area contributed by atoms with E-state index in [1.165, 1.54) is 24.3 Å². The maximum atomic E-state index is 12.1. The number of likely N-dealkylation sites (tertiary alicyclic amines) is 1. The van der Waals surface area contributed by atoms with E-state index in [9.17, 15) is 27.6 Å². The van der Waals surface area contributed by atoms with Gasteiger partial charge in [0.05, 0.1) is 0 Å². The zero-order chi connectivity index (χ0) is 17.7. The number of imide groups is 1. The van der Waals surface area contributed by atoms with Gasteiger partial charge in [-0.1, -0.05) is 6.07 Å². The van der Waals surface area contributed by atoms with Crippen molar-refractivity contribution in [2.75, 3.05) is 18.5 Å². The fraction of sp³-hybridized carbons (Fsp3) is 0.400. The lowest BCUT2D eigenvalue weighted by atomic mass is 10.3. The van der Waals surface area contributed by atoms with Crippen LogP contribution in [-0.2, 0) is 14.4 Å². The summed E-state index contributed by atoms with van der Waals surface area (Å²) in [7, 11) is 0. The molecule has 1 aliphatic heterocycles. The Labute approximate surface area is 135 Å². The lowest BCUT2D eigenvalue weighted by Crippen LogP contribution is -2.32. The summed E-state index contributed by atoms with van der Waals surface area (Å²) >= 11 is 0. The topological polar surface area (TPSA) is 75.7 Å². The second kappa shape index (κ2) is 7.33. The van der Waals surface area contributed by atoms with Crippen LogP contribution in [0.25, 0.3) is 0 Å². The maximum absolute atomic E-state index is 12.1. The first-order valence-corrected chi connectivity index (χ1v) is 7.17. The van der Waals surface area contributed by atoms with Crippen LogP contribution in [0.3, 0.4) is 0 Å². The molecule has 0 spiro atoms. The van der Waals surface area contributed by atoms with Crippen LogP contribution in [0.5, 0.6) is 5.75 Å². The molecule has 1 fully saturated rings. The van der Waals surface area contributed by atoms with Crippen molar-refractivity contribution < 1.29 is 32.3 Å². The molecule has 1 aliphatic rings. The first kappa shape index (κ1) is 17.8. The highest BCUT2D eigenvalue weighted by Gasteiger charge is 2.29. The molecule has 6 nitrogen and oxygen atoms in total. The summed E-state index contributed by atoms with van der Waals surface area (Å²) in [5.41, 5.74) is 0.263. The number of nitrogens with zero attached hydrogens (tertiary/aromatic N) is 1. The quantitative estimate of drug-likeness (QED) is 0.802. The Balaban J connectivity index is 1.85. The number of alkyl halides is 3. The largest absolute Gasteiger partial charge is 0.484 e. The van der Waals surface area contributed by atoms with Gasteiger partial charge in [-0.3, -0.25) is 19.3 Å². The zero-order valence-electron chi connectivity index (χ0n) is 12.6. The molecular weight excluding hydrogens is 329 g/mol. The molecule has 3 amide bonds. The molecule has 1 heterocycles. The highest BCUT2D eigenvalue weighted by atomic mass is 19.4. The number of benzene rings is 1. The van der Waals surface area contributed by atoms with Crippen molar-refractivity contribution in [2.24, 2.45) is 0 Å². The average Bonchev–Trinajstić information content (AvgIpc) is 2.82. The van der Waals surface area contributed by atoms with Crippen molar-refractivity contribution in [3.8, 4) is 5.75 Å². The van der Waals surface area contributed by atoms with Crippen LogP contribution < -0.4 is 10.1 Å². The van der Waals surface area contributed by atoms with Crippen LogP contribution >= 0.6 is 0 Å². The number of hydrogen-bond acceptors (Lipinski definition) is 4. The summed E-state index contributed by atoms with van der Waals surface area (Å²) in [6.45, 7) is -1.45. The van der Waals surface area contributed by atoms with Crippen LogP contribution in [0, 0.1) is 0 Å². The molecule has 1 aromatic rings. The Hall–Kier alpha value is -2.58. The minimum absolute atomic E-state index is 0.0201. The second-order valence-corrected chi connectivity index (χ2v) is 5.17. The van der Waals surface area contributed by atoms with Crippen molar-refractivity contribution >= 4 is 23.4 Å². The number of hydrogen-bond donors (Lipinski definition) is 1. The van der Waals surface area contributed by atoms with E-state index < -0.39 is 18.7 Å². The fourth-order valence-electron chi connectivity index (χ4n) is 2.14. The van der Waals surface area contributed by atoms with Gasteiger partial charge >= 0.3 is 6.18 Å². The van der Waals surface area contributed by atoms with Gasteiger partial charge in [0, 0.05) is 37.6 Å². The van der Waals surface area contributed by atoms with E-state index in [2.05, 4.69) is 10.1 Å². The molecule has 1 saturated heterocycles. The number of carbonyl (C=O) groups excluding carboxylic acids is 3. The Morgan fingerprint density at radius 1 is 1.21 bits per heavy atom. The Morgan fingerprint density at radius 2 is 1.88 bits per heavy atom. The molecule has 2 rings (SSSR count). The van der Waals surface area contributed by atoms with E-state index >= 15 is 0 Å². The molecule has 0 unspecified atom stereocenters. The molecule has 0 aliphatic carbocycles. The van der Waals surface area contributed by atoms with E-state index in [0.29, 0.717) is 0 Å². The Kier molecular flexibility index (Phi) is 5.42. The molecule has 1 aromatic carbocycles. The summed E-state index contributed by atoms with van der Waals surface area (Å²) < 4.78 is 40.9. The van der Waals surface area contributed by atoms with E-state index in [1.54, 1.807) is 0 Å². The number of halogens is 3. The summed E-state index contributed by atoms with van der Waals surface area (Å²) in [6, 6.07) is 5.53. The number of amides is 3. The lowest BCUT2D eigenvalue weighted by molar-refractivity contribution is -0.153. The summed E-state index contributed by atoms with van der Waals surface area (Å²) in [6.07, 6.45) is -4.24. The lowest BCUT2D eigenvalue weighted by Gasteiger charge is -2.14. The summed E-state index contributed by atoms with van der Waals surface area (Å²) in [5, 5.41) is 2.48. The molecule has 0 bridgehead atoms. The van der Waals surface area contributed by atoms with Gasteiger partial charge in [-0.05, 0) is 12.1 Å². The summed E-state index contributed by atoms with van der Waals surface area (Å²) in [4.78, 5) is 35.7. The highest BCUT2D eigenvalue weighted by molar-refractivity contribution is 6.02. The third kappa shape index (κ3) is 5.25. The predicted molar refractivity (Wildman–Crippen MR) is 77.2 cm³/mol. The van der Waals surface area contributed by atoms with Gasteiger partial charge in [-0.25, -0.2) is 0 Å². The Morgan fingerprint density at radius 3 is 2.50 bits per heavy atom. The van der Waals surface area contributed by atoms with Crippen LogP contribution in [0.15, 0.2) is 24.3 Å². The minimum Gasteiger partial charge on any atom is -0.484 e. The van der Waals surface area contributed by atoms with Gasteiger partial charge in [0.15, 0.2) is 6.61 Å². The van der Waals surface area contributed by atoms with Gasteiger partial charge in [0.1, 0.15) is 5.75 Å². The second-order valence-electron chi connectivity index (χ2n) is 5.17. The van der Waals surface area contributed by atoms with Gasteiger partial charge < -0.3 is 10.1 Å². The highest BCUT2D eigenvalue weighted by Crippen LogP contribution is 2.21. The van der Waals surface area contributed by atoms with Gasteiger partial charge in [0.25, 0.3) is 0 Å². The standard InChI is InChI=1S/C15H15F3N2O4/c16-15(17,18)9-24-11-3-1-2-10(8-11)19-12(21)6-7-20-13(22)4-5-14(20)23/h1-3,8H,4-7,9H2,(H,19,21). The van der Waals surface area contributed by atoms with E-state index in [0.717, 1.165) is 4.90 Å².